The minimum Gasteiger partial charge on any atom is -0.390 e. The van der Waals surface area contributed by atoms with Gasteiger partial charge in [0.05, 0.1) is 46.9 Å². The fraction of sp³-hybridized carbons (Fsp3) is 1.00. The summed E-state index contributed by atoms with van der Waals surface area (Å²) < 4.78 is 14.4. The van der Waals surface area contributed by atoms with Crippen molar-refractivity contribution >= 4 is 36.1 Å². The van der Waals surface area contributed by atoms with E-state index in [2.05, 4.69) is 50.9 Å². The number of hydrogen-bond donors (Lipinski definition) is 11. The van der Waals surface area contributed by atoms with Crippen molar-refractivity contribution in [2.75, 3.05) is 0 Å². The summed E-state index contributed by atoms with van der Waals surface area (Å²) in [5.74, 6) is 0.115. The third-order valence-electron chi connectivity index (χ3n) is 13.9. The Morgan fingerprint density at radius 2 is 0.902 bits per heavy atom. The van der Waals surface area contributed by atoms with E-state index in [1.54, 1.807) is 0 Å². The van der Waals surface area contributed by atoms with Gasteiger partial charge in [-0.3, -0.25) is 16.0 Å². The van der Waals surface area contributed by atoms with Crippen LogP contribution in [0, 0.1) is 23.7 Å². The first-order valence-electron chi connectivity index (χ1n) is 21.6. The van der Waals surface area contributed by atoms with E-state index in [1.165, 1.54) is 0 Å². The summed E-state index contributed by atoms with van der Waals surface area (Å²) in [6.07, 6.45) is 8.37. The number of nitrogens with one attached hydrogen (secondary N) is 4. The maximum Gasteiger partial charge on any atom is 0.165 e. The summed E-state index contributed by atoms with van der Waals surface area (Å²) >= 11 is 2.98. The number of aliphatic hydroxyl groups is 4. The molecular weight excluding hydrogens is 865 g/mol. The van der Waals surface area contributed by atoms with Gasteiger partial charge in [-0.15, -0.1) is 13.0 Å². The molecular formula is C35H62N10O13S3. The van der Waals surface area contributed by atoms with E-state index >= 15 is 0 Å². The van der Waals surface area contributed by atoms with Crippen LogP contribution < -0.4 is 21.3 Å². The smallest absolute Gasteiger partial charge is 0.165 e. The van der Waals surface area contributed by atoms with Crippen LogP contribution >= 0.6 is 36.1 Å². The SMILES string of the molecule is OOOSC1CCC(N=NC2CCC(N=NC3C(SOOO)CC4CC(N=NC5C(SOOO)CC6CC(NC7NC(O)NC(O)N7)CCC6C5O)CCC4C3O)CC2)CC1. The van der Waals surface area contributed by atoms with Crippen LogP contribution in [-0.2, 0) is 28.1 Å². The number of azo groups is 3. The van der Waals surface area contributed by atoms with Gasteiger partial charge in [0.2, 0.25) is 0 Å². The van der Waals surface area contributed by atoms with Gasteiger partial charge in [0.25, 0.3) is 0 Å². The molecule has 14 atom stereocenters. The Kier molecular flexibility index (Phi) is 19.0. The highest BCUT2D eigenvalue weighted by atomic mass is 32.2. The highest BCUT2D eigenvalue weighted by molar-refractivity contribution is 7.95. The Morgan fingerprint density at radius 3 is 1.44 bits per heavy atom. The normalized spacial score (nSPS) is 45.0. The van der Waals surface area contributed by atoms with Crippen molar-refractivity contribution in [1.29, 1.82) is 0 Å². The number of aliphatic hydroxyl groups excluding tert-OH is 4. The maximum absolute atomic E-state index is 11.7. The fourth-order valence-corrected chi connectivity index (χ4v) is 13.0. The summed E-state index contributed by atoms with van der Waals surface area (Å²) in [6, 6.07) is -0.874. The molecule has 14 unspecified atom stereocenters. The van der Waals surface area contributed by atoms with Gasteiger partial charge in [0.1, 0.15) is 18.4 Å². The van der Waals surface area contributed by atoms with Gasteiger partial charge < -0.3 is 20.4 Å². The van der Waals surface area contributed by atoms with E-state index in [0.29, 0.717) is 32.1 Å². The lowest BCUT2D eigenvalue weighted by molar-refractivity contribution is -0.432. The first-order chi connectivity index (χ1) is 29.7. The average molecular weight is 927 g/mol. The molecule has 7 rings (SSSR count). The van der Waals surface area contributed by atoms with Gasteiger partial charge >= 0.3 is 0 Å². The third-order valence-corrected chi connectivity index (χ3v) is 16.5. The third kappa shape index (κ3) is 13.4. The van der Waals surface area contributed by atoms with Crippen molar-refractivity contribution < 1.29 is 64.3 Å². The van der Waals surface area contributed by atoms with Crippen molar-refractivity contribution in [2.45, 2.75) is 192 Å². The minimum absolute atomic E-state index is 0.0155. The fourth-order valence-electron chi connectivity index (χ4n) is 10.8. The highest BCUT2D eigenvalue weighted by Gasteiger charge is 2.50. The zero-order valence-corrected chi connectivity index (χ0v) is 36.2. The van der Waals surface area contributed by atoms with E-state index in [0.717, 1.165) is 107 Å². The standard InChI is InChI=1S/C35H62N10O13S3/c46-31-25-11-7-22(36-33-37-34(48)39-35(49)38-33)13-17(25)15-27(60-57-54-51)30(31)45-43-23-8-12-26-18(14-23)16-28(61-58-55-52)29(32(26)47)44-42-20-3-1-19(2-4-20)40-41-21-5-9-24(10-6-21)59-56-53-50/h17-39,46-52H,1-16H2. The number of fused-ring (bicyclic) bond motifs is 2. The van der Waals surface area contributed by atoms with Gasteiger partial charge in [0.15, 0.2) is 12.7 Å². The van der Waals surface area contributed by atoms with Crippen molar-refractivity contribution in [2.24, 2.45) is 54.4 Å². The van der Waals surface area contributed by atoms with Crippen LogP contribution in [0.15, 0.2) is 30.7 Å². The van der Waals surface area contributed by atoms with Gasteiger partial charge in [0, 0.05) is 47.4 Å². The Morgan fingerprint density at radius 1 is 0.459 bits per heavy atom. The first-order valence-corrected chi connectivity index (χ1v) is 24.0. The Hall–Kier alpha value is -0.830. The van der Waals surface area contributed by atoms with Crippen LogP contribution in [0.4, 0.5) is 0 Å². The second kappa shape index (κ2) is 24.1. The predicted molar refractivity (Wildman–Crippen MR) is 218 cm³/mol. The van der Waals surface area contributed by atoms with E-state index in [1.807, 2.05) is 0 Å². The first kappa shape index (κ1) is 48.1. The molecule has 61 heavy (non-hydrogen) atoms. The van der Waals surface area contributed by atoms with Gasteiger partial charge in [-0.1, -0.05) is 15.1 Å². The summed E-state index contributed by atoms with van der Waals surface area (Å²) in [4.78, 5) is 0. The molecule has 7 fully saturated rings. The Bertz CT molecular complexity index is 1400. The number of rotatable bonds is 17. The van der Waals surface area contributed by atoms with Crippen LogP contribution in [0.25, 0.3) is 0 Å². The molecule has 11 N–H and O–H groups in total. The van der Waals surface area contributed by atoms with Gasteiger partial charge in [-0.2, -0.15) is 30.7 Å². The molecule has 26 heteroatoms. The molecule has 0 spiro atoms. The largest absolute Gasteiger partial charge is 0.390 e. The molecule has 0 aromatic rings. The molecule has 6 aliphatic carbocycles. The molecule has 0 aromatic heterocycles. The molecule has 1 saturated heterocycles. The van der Waals surface area contributed by atoms with Crippen LogP contribution in [0.1, 0.15) is 103 Å². The van der Waals surface area contributed by atoms with Crippen molar-refractivity contribution in [3.05, 3.63) is 0 Å². The Balaban J connectivity index is 0.898. The topological polar surface area (TPSA) is 319 Å². The maximum atomic E-state index is 11.7. The van der Waals surface area contributed by atoms with Crippen LogP contribution in [0.3, 0.4) is 0 Å². The molecule has 1 aliphatic heterocycles. The zero-order chi connectivity index (χ0) is 42.7. The molecule has 23 nitrogen and oxygen atoms in total. The molecule has 0 amide bonds. The quantitative estimate of drug-likeness (QED) is 0.0426. The second-order valence-corrected chi connectivity index (χ2v) is 20.4. The lowest BCUT2D eigenvalue weighted by Crippen LogP contribution is -2.72. The van der Waals surface area contributed by atoms with Crippen LogP contribution in [0.2, 0.25) is 0 Å². The molecule has 7 aliphatic rings. The summed E-state index contributed by atoms with van der Waals surface area (Å²) in [5, 5.41) is 121. The highest BCUT2D eigenvalue weighted by Crippen LogP contribution is 2.48. The zero-order valence-electron chi connectivity index (χ0n) is 33.8. The number of hydrogen-bond acceptors (Lipinski definition) is 26. The average Bonchev–Trinajstić information content (AvgIpc) is 3.26. The van der Waals surface area contributed by atoms with Gasteiger partial charge in [-0.05, 0) is 126 Å². The second-order valence-electron chi connectivity index (χ2n) is 17.5. The molecule has 6 saturated carbocycles. The summed E-state index contributed by atoms with van der Waals surface area (Å²) in [6.45, 7) is 0. The molecule has 0 bridgehead atoms. The Labute approximate surface area is 366 Å². The molecule has 0 aromatic carbocycles. The summed E-state index contributed by atoms with van der Waals surface area (Å²) in [7, 11) is 0. The van der Waals surface area contributed by atoms with Crippen LogP contribution in [0.5, 0.6) is 0 Å². The minimum atomic E-state index is -1.07. The van der Waals surface area contributed by atoms with Crippen molar-refractivity contribution in [1.82, 2.24) is 21.3 Å². The number of nitrogens with zero attached hydrogens (tertiary/aromatic N) is 6. The van der Waals surface area contributed by atoms with E-state index in [9.17, 15) is 20.4 Å². The lowest BCUT2D eigenvalue weighted by Gasteiger charge is -2.47. The van der Waals surface area contributed by atoms with Crippen molar-refractivity contribution in [3.8, 4) is 0 Å². The summed E-state index contributed by atoms with van der Waals surface area (Å²) in [5.41, 5.74) is 0. The predicted octanol–water partition coefficient (Wildman–Crippen LogP) is 3.95. The lowest BCUT2D eigenvalue weighted by atomic mass is 9.66. The van der Waals surface area contributed by atoms with E-state index < -0.39 is 43.3 Å². The van der Waals surface area contributed by atoms with Crippen molar-refractivity contribution in [3.63, 3.8) is 0 Å². The monoisotopic (exact) mass is 926 g/mol. The van der Waals surface area contributed by atoms with Gasteiger partial charge in [-0.25, -0.2) is 21.1 Å². The van der Waals surface area contributed by atoms with E-state index in [-0.39, 0.29) is 69.6 Å². The van der Waals surface area contributed by atoms with Crippen LogP contribution in [-0.4, -0.2) is 125 Å². The molecule has 348 valence electrons. The molecule has 0 radical (unpaired) electrons. The van der Waals surface area contributed by atoms with E-state index in [4.69, 9.17) is 44.9 Å². The molecule has 1 heterocycles.